The molecule has 1 N–H and O–H groups in total. The fraction of sp³-hybridized carbons (Fsp3) is 0.357. The summed E-state index contributed by atoms with van der Waals surface area (Å²) < 4.78 is 26.5. The minimum Gasteiger partial charge on any atom is -0.326 e. The van der Waals surface area contributed by atoms with E-state index in [2.05, 4.69) is 5.32 Å². The summed E-state index contributed by atoms with van der Waals surface area (Å²) in [7, 11) is 0. The molecule has 0 aliphatic carbocycles. The molecule has 0 bridgehead atoms. The van der Waals surface area contributed by atoms with Gasteiger partial charge in [-0.05, 0) is 12.1 Å². The van der Waals surface area contributed by atoms with Crippen molar-refractivity contribution < 1.29 is 18.4 Å². The van der Waals surface area contributed by atoms with Gasteiger partial charge in [0.1, 0.15) is 12.5 Å². The molecule has 1 aliphatic heterocycles. The number of carbonyl (C=O) groups excluding carboxylic acids is 2. The van der Waals surface area contributed by atoms with Gasteiger partial charge >= 0.3 is 0 Å². The maximum atomic E-state index is 13.2. The quantitative estimate of drug-likeness (QED) is 0.863. The Labute approximate surface area is 120 Å². The third kappa shape index (κ3) is 3.75. The van der Waals surface area contributed by atoms with Crippen LogP contribution in [0.5, 0.6) is 0 Å². The highest BCUT2D eigenvalue weighted by molar-refractivity contribution is 6.03. The fourth-order valence-electron chi connectivity index (χ4n) is 2.16. The summed E-state index contributed by atoms with van der Waals surface area (Å²) in [5.41, 5.74) is 0.513. The minimum absolute atomic E-state index is 0.513. The lowest BCUT2D eigenvalue weighted by molar-refractivity contribution is -0.135. The Balaban J connectivity index is 1.95. The van der Waals surface area contributed by atoms with Gasteiger partial charge in [-0.2, -0.15) is 5.26 Å². The number of likely N-dealkylation sites (tertiary alicyclic amines) is 1. The normalized spacial score (nSPS) is 19.9. The first-order chi connectivity index (χ1) is 9.91. The van der Waals surface area contributed by atoms with Crippen LogP contribution in [0.2, 0.25) is 0 Å². The van der Waals surface area contributed by atoms with E-state index in [0.29, 0.717) is 5.69 Å². The molecule has 0 saturated carbocycles. The molecule has 1 saturated heterocycles. The standard InChI is InChI=1S/C14H13F2N3O2/c15-14(16)7-11(8-17)19(9-14)13(21)6-12(20)18-10-4-2-1-3-5-10/h1-5,11H,6-7,9H2,(H,18,20)/t11-/m0/s1. The van der Waals surface area contributed by atoms with E-state index in [-0.39, 0.29) is 0 Å². The van der Waals surface area contributed by atoms with Crippen molar-refractivity contribution in [2.24, 2.45) is 0 Å². The molecule has 110 valence electrons. The monoisotopic (exact) mass is 293 g/mol. The summed E-state index contributed by atoms with van der Waals surface area (Å²) in [4.78, 5) is 24.4. The third-order valence-corrected chi connectivity index (χ3v) is 3.11. The molecule has 2 rings (SSSR count). The van der Waals surface area contributed by atoms with Gasteiger partial charge in [0.25, 0.3) is 5.92 Å². The Hall–Kier alpha value is -2.49. The molecule has 7 heteroatoms. The van der Waals surface area contributed by atoms with Crippen LogP contribution in [0.25, 0.3) is 0 Å². The zero-order valence-electron chi connectivity index (χ0n) is 11.1. The first-order valence-corrected chi connectivity index (χ1v) is 6.33. The number of amides is 2. The number of rotatable bonds is 3. The summed E-state index contributed by atoms with van der Waals surface area (Å²) in [6, 6.07) is 8.96. The average Bonchev–Trinajstić information content (AvgIpc) is 2.75. The van der Waals surface area contributed by atoms with Crippen molar-refractivity contribution in [3.63, 3.8) is 0 Å². The summed E-state index contributed by atoms with van der Waals surface area (Å²) >= 11 is 0. The molecule has 0 radical (unpaired) electrons. The van der Waals surface area contributed by atoms with Crippen molar-refractivity contribution in [1.82, 2.24) is 4.90 Å². The summed E-state index contributed by atoms with van der Waals surface area (Å²) in [5, 5.41) is 11.3. The lowest BCUT2D eigenvalue weighted by Gasteiger charge is -2.18. The molecule has 1 heterocycles. The molecule has 2 amide bonds. The van der Waals surface area contributed by atoms with Crippen LogP contribution in [-0.4, -0.2) is 35.2 Å². The van der Waals surface area contributed by atoms with Gasteiger partial charge < -0.3 is 10.2 Å². The van der Waals surface area contributed by atoms with Crippen molar-refractivity contribution in [2.45, 2.75) is 24.8 Å². The second kappa shape index (κ2) is 5.87. The number of para-hydroxylation sites is 1. The Morgan fingerprint density at radius 3 is 2.67 bits per heavy atom. The molecule has 21 heavy (non-hydrogen) atoms. The Morgan fingerprint density at radius 1 is 1.38 bits per heavy atom. The molecular formula is C14H13F2N3O2. The lowest BCUT2D eigenvalue weighted by atomic mass is 10.2. The Morgan fingerprint density at radius 2 is 2.05 bits per heavy atom. The first kappa shape index (κ1) is 14.9. The number of halogens is 2. The van der Waals surface area contributed by atoms with Crippen LogP contribution in [0.3, 0.4) is 0 Å². The molecule has 0 unspecified atom stereocenters. The fourth-order valence-corrected chi connectivity index (χ4v) is 2.16. The van der Waals surface area contributed by atoms with Gasteiger partial charge in [0, 0.05) is 12.1 Å². The van der Waals surface area contributed by atoms with Crippen LogP contribution < -0.4 is 5.32 Å². The SMILES string of the molecule is N#C[C@@H]1CC(F)(F)CN1C(=O)CC(=O)Nc1ccccc1. The maximum Gasteiger partial charge on any atom is 0.268 e. The Kier molecular flexibility index (Phi) is 4.17. The van der Waals surface area contributed by atoms with Gasteiger partial charge in [0.05, 0.1) is 12.6 Å². The van der Waals surface area contributed by atoms with Gasteiger partial charge in [0.15, 0.2) is 0 Å². The van der Waals surface area contributed by atoms with Crippen LogP contribution in [-0.2, 0) is 9.59 Å². The number of hydrogen-bond donors (Lipinski definition) is 1. The number of benzene rings is 1. The predicted octanol–water partition coefficient (Wildman–Crippen LogP) is 1.77. The van der Waals surface area contributed by atoms with Crippen LogP contribution in [0.4, 0.5) is 14.5 Å². The number of nitriles is 1. The van der Waals surface area contributed by atoms with Crippen LogP contribution in [0.15, 0.2) is 30.3 Å². The average molecular weight is 293 g/mol. The number of alkyl halides is 2. The van der Waals surface area contributed by atoms with Gasteiger partial charge in [-0.15, -0.1) is 0 Å². The van der Waals surface area contributed by atoms with Crippen LogP contribution in [0.1, 0.15) is 12.8 Å². The van der Waals surface area contributed by atoms with Gasteiger partial charge in [-0.3, -0.25) is 9.59 Å². The number of hydrogen-bond acceptors (Lipinski definition) is 3. The van der Waals surface area contributed by atoms with E-state index in [4.69, 9.17) is 5.26 Å². The second-order valence-corrected chi connectivity index (χ2v) is 4.82. The molecule has 1 aromatic rings. The summed E-state index contributed by atoms with van der Waals surface area (Å²) in [6.45, 7) is -0.817. The van der Waals surface area contributed by atoms with Crippen LogP contribution in [0, 0.1) is 11.3 Å². The number of carbonyl (C=O) groups is 2. The first-order valence-electron chi connectivity index (χ1n) is 6.33. The molecule has 0 spiro atoms. The third-order valence-electron chi connectivity index (χ3n) is 3.11. The topological polar surface area (TPSA) is 73.2 Å². The molecule has 5 nitrogen and oxygen atoms in total. The highest BCUT2D eigenvalue weighted by Gasteiger charge is 2.47. The Bertz CT molecular complexity index is 584. The van der Waals surface area contributed by atoms with Crippen molar-refractivity contribution in [1.29, 1.82) is 5.26 Å². The summed E-state index contributed by atoms with van der Waals surface area (Å²) in [6.07, 6.45) is -1.25. The number of anilines is 1. The van der Waals surface area contributed by atoms with E-state index in [9.17, 15) is 18.4 Å². The van der Waals surface area contributed by atoms with E-state index >= 15 is 0 Å². The van der Waals surface area contributed by atoms with Crippen molar-refractivity contribution in [2.75, 3.05) is 11.9 Å². The molecule has 1 aromatic carbocycles. The van der Waals surface area contributed by atoms with E-state index < -0.39 is 43.2 Å². The highest BCUT2D eigenvalue weighted by Crippen LogP contribution is 2.32. The van der Waals surface area contributed by atoms with Crippen LogP contribution >= 0.6 is 0 Å². The summed E-state index contributed by atoms with van der Waals surface area (Å²) in [5.74, 6) is -4.45. The number of nitrogens with one attached hydrogen (secondary N) is 1. The van der Waals surface area contributed by atoms with E-state index in [1.165, 1.54) is 0 Å². The lowest BCUT2D eigenvalue weighted by Crippen LogP contribution is -2.37. The number of nitrogens with zero attached hydrogens (tertiary/aromatic N) is 2. The zero-order chi connectivity index (χ0) is 15.5. The van der Waals surface area contributed by atoms with Crippen molar-refractivity contribution in [3.8, 4) is 6.07 Å². The van der Waals surface area contributed by atoms with Gasteiger partial charge in [-0.25, -0.2) is 8.78 Å². The molecular weight excluding hydrogens is 280 g/mol. The predicted molar refractivity (Wildman–Crippen MR) is 70.4 cm³/mol. The molecule has 1 atom stereocenters. The minimum atomic E-state index is -3.08. The molecule has 0 aromatic heterocycles. The van der Waals surface area contributed by atoms with Gasteiger partial charge in [-0.1, -0.05) is 18.2 Å². The smallest absolute Gasteiger partial charge is 0.268 e. The zero-order valence-corrected chi connectivity index (χ0v) is 11.1. The maximum absolute atomic E-state index is 13.2. The van der Waals surface area contributed by atoms with E-state index in [0.717, 1.165) is 4.90 Å². The molecule has 1 fully saturated rings. The largest absolute Gasteiger partial charge is 0.326 e. The van der Waals surface area contributed by atoms with E-state index in [1.54, 1.807) is 36.4 Å². The van der Waals surface area contributed by atoms with E-state index in [1.807, 2.05) is 0 Å². The van der Waals surface area contributed by atoms with Gasteiger partial charge in [0.2, 0.25) is 11.8 Å². The highest BCUT2D eigenvalue weighted by atomic mass is 19.3. The van der Waals surface area contributed by atoms with Crippen molar-refractivity contribution in [3.05, 3.63) is 30.3 Å². The second-order valence-electron chi connectivity index (χ2n) is 4.82. The molecule has 1 aliphatic rings. The van der Waals surface area contributed by atoms with Crippen molar-refractivity contribution >= 4 is 17.5 Å².